The second-order valence-corrected chi connectivity index (χ2v) is 6.98. The summed E-state index contributed by atoms with van der Waals surface area (Å²) in [5, 5.41) is 13.0. The zero-order valence-corrected chi connectivity index (χ0v) is 15.3. The highest BCUT2D eigenvalue weighted by molar-refractivity contribution is 7.98. The smallest absolute Gasteiger partial charge is 0.348 e. The van der Waals surface area contributed by atoms with Gasteiger partial charge in [-0.3, -0.25) is 0 Å². The van der Waals surface area contributed by atoms with Crippen LogP contribution in [0.4, 0.5) is 5.82 Å². The number of carbonyl (C=O) groups is 2. The van der Waals surface area contributed by atoms with Gasteiger partial charge in [0.25, 0.3) is 0 Å². The molecule has 2 N–H and O–H groups in total. The third-order valence-electron chi connectivity index (χ3n) is 3.41. The van der Waals surface area contributed by atoms with Crippen molar-refractivity contribution in [2.45, 2.75) is 26.3 Å². The standard InChI is InChI=1S/C15H19N3O4S2/c1-4-22-15(21)11-8(2)10-12(16-7-17-13(10)24-11)18-9(14(19)20)5-6-23-3/h7,9H,4-6H2,1-3H3,(H,19,20)(H,16,17,18)/t9-/m0/s1. The van der Waals surface area contributed by atoms with E-state index >= 15 is 0 Å². The monoisotopic (exact) mass is 369 g/mol. The molecule has 0 aliphatic carbocycles. The number of carboxylic acids is 1. The van der Waals surface area contributed by atoms with Gasteiger partial charge in [0.15, 0.2) is 0 Å². The summed E-state index contributed by atoms with van der Waals surface area (Å²) >= 11 is 2.81. The lowest BCUT2D eigenvalue weighted by molar-refractivity contribution is -0.137. The number of anilines is 1. The highest BCUT2D eigenvalue weighted by Gasteiger charge is 2.23. The van der Waals surface area contributed by atoms with Crippen molar-refractivity contribution in [2.75, 3.05) is 23.9 Å². The molecule has 2 aromatic heterocycles. The van der Waals surface area contributed by atoms with Crippen LogP contribution in [0.2, 0.25) is 0 Å². The van der Waals surface area contributed by atoms with E-state index in [1.807, 2.05) is 6.26 Å². The molecular weight excluding hydrogens is 350 g/mol. The number of hydrogen-bond acceptors (Lipinski definition) is 8. The van der Waals surface area contributed by atoms with Gasteiger partial charge in [0, 0.05) is 0 Å². The number of aliphatic carboxylic acids is 1. The zero-order chi connectivity index (χ0) is 17.7. The predicted molar refractivity (Wildman–Crippen MR) is 96.2 cm³/mol. The van der Waals surface area contributed by atoms with Crippen LogP contribution in [0.25, 0.3) is 10.2 Å². The van der Waals surface area contributed by atoms with Gasteiger partial charge in [-0.1, -0.05) is 0 Å². The first-order chi connectivity index (χ1) is 11.5. The molecule has 0 unspecified atom stereocenters. The Bertz CT molecular complexity index is 748. The molecule has 2 heterocycles. The van der Waals surface area contributed by atoms with Crippen molar-refractivity contribution in [1.82, 2.24) is 9.97 Å². The van der Waals surface area contributed by atoms with Crippen molar-refractivity contribution in [3.63, 3.8) is 0 Å². The maximum atomic E-state index is 12.0. The summed E-state index contributed by atoms with van der Waals surface area (Å²) in [4.78, 5) is 32.9. The number of rotatable bonds is 8. The number of aryl methyl sites for hydroxylation is 1. The highest BCUT2D eigenvalue weighted by Crippen LogP contribution is 2.34. The molecule has 2 rings (SSSR count). The van der Waals surface area contributed by atoms with Crippen molar-refractivity contribution in [1.29, 1.82) is 0 Å². The van der Waals surface area contributed by atoms with Crippen LogP contribution in [0.15, 0.2) is 6.33 Å². The molecular formula is C15H19N3O4S2. The summed E-state index contributed by atoms with van der Waals surface area (Å²) < 4.78 is 5.06. The molecule has 9 heteroatoms. The van der Waals surface area contributed by atoms with E-state index in [2.05, 4.69) is 15.3 Å². The number of hydrogen-bond donors (Lipinski definition) is 2. The van der Waals surface area contributed by atoms with Crippen LogP contribution < -0.4 is 5.32 Å². The minimum absolute atomic E-state index is 0.291. The molecule has 0 fully saturated rings. The van der Waals surface area contributed by atoms with Gasteiger partial charge in [-0.15, -0.1) is 11.3 Å². The Kier molecular flexibility index (Phi) is 6.38. The lowest BCUT2D eigenvalue weighted by Crippen LogP contribution is -2.30. The number of esters is 1. The fourth-order valence-electron chi connectivity index (χ4n) is 2.23. The Labute approximate surface area is 147 Å². The summed E-state index contributed by atoms with van der Waals surface area (Å²) in [5.41, 5.74) is 0.700. The first-order valence-electron chi connectivity index (χ1n) is 7.39. The van der Waals surface area contributed by atoms with E-state index in [1.165, 1.54) is 17.7 Å². The lowest BCUT2D eigenvalue weighted by atomic mass is 10.1. The number of thiophene rings is 1. The van der Waals surface area contributed by atoms with Crippen LogP contribution in [-0.2, 0) is 9.53 Å². The first kappa shape index (κ1) is 18.5. The topological polar surface area (TPSA) is 101 Å². The molecule has 130 valence electrons. The molecule has 0 aromatic carbocycles. The van der Waals surface area contributed by atoms with E-state index in [-0.39, 0.29) is 0 Å². The van der Waals surface area contributed by atoms with Gasteiger partial charge < -0.3 is 15.2 Å². The molecule has 24 heavy (non-hydrogen) atoms. The van der Waals surface area contributed by atoms with Crippen molar-refractivity contribution >= 4 is 51.1 Å². The van der Waals surface area contributed by atoms with Gasteiger partial charge in [-0.25, -0.2) is 19.6 Å². The van der Waals surface area contributed by atoms with Gasteiger partial charge in [-0.05, 0) is 37.8 Å². The lowest BCUT2D eigenvalue weighted by Gasteiger charge is -2.15. The van der Waals surface area contributed by atoms with E-state index in [9.17, 15) is 14.7 Å². The van der Waals surface area contributed by atoms with E-state index in [0.717, 1.165) is 5.75 Å². The number of carboxylic acid groups (broad SMARTS) is 1. The quantitative estimate of drug-likeness (QED) is 0.685. The van der Waals surface area contributed by atoms with Crippen molar-refractivity contribution in [2.24, 2.45) is 0 Å². The molecule has 1 atom stereocenters. The SMILES string of the molecule is CCOC(=O)c1sc2ncnc(N[C@@H](CCSC)C(=O)O)c2c1C. The van der Waals surface area contributed by atoms with Gasteiger partial charge in [-0.2, -0.15) is 11.8 Å². The molecule has 0 spiro atoms. The van der Waals surface area contributed by atoms with E-state index in [1.54, 1.807) is 25.6 Å². The zero-order valence-electron chi connectivity index (χ0n) is 13.7. The molecule has 0 aliphatic rings. The number of ether oxygens (including phenoxy) is 1. The van der Waals surface area contributed by atoms with Crippen LogP contribution in [-0.4, -0.2) is 51.7 Å². The third kappa shape index (κ3) is 3.96. The molecule has 7 nitrogen and oxygen atoms in total. The van der Waals surface area contributed by atoms with Gasteiger partial charge in [0.1, 0.15) is 27.9 Å². The second kappa shape index (κ2) is 8.29. The van der Waals surface area contributed by atoms with Crippen LogP contribution in [0.1, 0.15) is 28.6 Å². The predicted octanol–water partition coefficient (Wildman–Crippen LogP) is 2.79. The fourth-order valence-corrected chi connectivity index (χ4v) is 3.74. The van der Waals surface area contributed by atoms with Crippen molar-refractivity contribution in [3.8, 4) is 0 Å². The Morgan fingerprint density at radius 2 is 2.21 bits per heavy atom. The average molecular weight is 369 g/mol. The third-order valence-corrected chi connectivity index (χ3v) is 5.23. The Hall–Kier alpha value is -1.87. The molecule has 0 bridgehead atoms. The molecule has 0 radical (unpaired) electrons. The highest BCUT2D eigenvalue weighted by atomic mass is 32.2. The van der Waals surface area contributed by atoms with Crippen molar-refractivity contribution in [3.05, 3.63) is 16.8 Å². The minimum atomic E-state index is -0.936. The van der Waals surface area contributed by atoms with E-state index in [0.29, 0.717) is 39.5 Å². The van der Waals surface area contributed by atoms with Gasteiger partial charge in [0.2, 0.25) is 0 Å². The van der Waals surface area contributed by atoms with Gasteiger partial charge in [0.05, 0.1) is 12.0 Å². The van der Waals surface area contributed by atoms with Crippen LogP contribution in [0.5, 0.6) is 0 Å². The maximum Gasteiger partial charge on any atom is 0.348 e. The second-order valence-electron chi connectivity index (χ2n) is 5.00. The normalized spacial score (nSPS) is 12.1. The summed E-state index contributed by atoms with van der Waals surface area (Å²) in [7, 11) is 0. The summed E-state index contributed by atoms with van der Waals surface area (Å²) in [6.45, 7) is 3.83. The minimum Gasteiger partial charge on any atom is -0.480 e. The summed E-state index contributed by atoms with van der Waals surface area (Å²) in [6, 6.07) is -0.749. The van der Waals surface area contributed by atoms with Crippen LogP contribution in [0.3, 0.4) is 0 Å². The van der Waals surface area contributed by atoms with E-state index < -0.39 is 18.0 Å². The maximum absolute atomic E-state index is 12.0. The summed E-state index contributed by atoms with van der Waals surface area (Å²) in [5.74, 6) is -0.192. The number of nitrogens with one attached hydrogen (secondary N) is 1. The average Bonchev–Trinajstić information content (AvgIpc) is 2.89. The number of thioether (sulfide) groups is 1. The number of fused-ring (bicyclic) bond motifs is 1. The van der Waals surface area contributed by atoms with Crippen LogP contribution >= 0.6 is 23.1 Å². The number of carbonyl (C=O) groups excluding carboxylic acids is 1. The number of nitrogens with zero attached hydrogens (tertiary/aromatic N) is 2. The Morgan fingerprint density at radius 3 is 2.83 bits per heavy atom. The molecule has 0 aliphatic heterocycles. The van der Waals surface area contributed by atoms with Gasteiger partial charge >= 0.3 is 11.9 Å². The Balaban J connectivity index is 2.40. The molecule has 2 aromatic rings. The largest absolute Gasteiger partial charge is 0.480 e. The van der Waals surface area contributed by atoms with Crippen LogP contribution in [0, 0.1) is 6.92 Å². The Morgan fingerprint density at radius 1 is 1.46 bits per heavy atom. The van der Waals surface area contributed by atoms with E-state index in [4.69, 9.17) is 4.74 Å². The first-order valence-corrected chi connectivity index (χ1v) is 9.60. The molecule has 0 saturated heterocycles. The summed E-state index contributed by atoms with van der Waals surface area (Å²) in [6.07, 6.45) is 3.76. The fraction of sp³-hybridized carbons (Fsp3) is 0.467. The molecule has 0 saturated carbocycles. The molecule has 0 amide bonds. The van der Waals surface area contributed by atoms with Crippen molar-refractivity contribution < 1.29 is 19.4 Å². The number of aromatic nitrogens is 2.